The fraction of sp³-hybridized carbons (Fsp3) is 0. The van der Waals surface area contributed by atoms with E-state index in [1.807, 2.05) is 22.7 Å². The summed E-state index contributed by atoms with van der Waals surface area (Å²) in [6.07, 6.45) is 0. The average molecular weight is 695 g/mol. The minimum atomic E-state index is 1.25. The molecule has 0 unspecified atom stereocenters. The van der Waals surface area contributed by atoms with Crippen LogP contribution in [0.2, 0.25) is 0 Å². The van der Waals surface area contributed by atoms with Crippen LogP contribution in [0.15, 0.2) is 182 Å². The van der Waals surface area contributed by atoms with Gasteiger partial charge in [0.1, 0.15) is 0 Å². The van der Waals surface area contributed by atoms with Crippen LogP contribution in [-0.4, -0.2) is 0 Å². The highest BCUT2D eigenvalue weighted by Crippen LogP contribution is 2.53. The van der Waals surface area contributed by atoms with E-state index >= 15 is 0 Å². The van der Waals surface area contributed by atoms with Gasteiger partial charge in [0.15, 0.2) is 0 Å². The first-order valence-electron chi connectivity index (χ1n) is 17.8. The Hall–Kier alpha value is -6.06. The van der Waals surface area contributed by atoms with Crippen molar-refractivity contribution in [1.29, 1.82) is 0 Å². The zero-order valence-corrected chi connectivity index (χ0v) is 29.8. The number of thiophene rings is 2. The van der Waals surface area contributed by atoms with Crippen LogP contribution in [0.4, 0.5) is 0 Å². The van der Waals surface area contributed by atoms with Crippen LogP contribution < -0.4 is 0 Å². The van der Waals surface area contributed by atoms with Crippen molar-refractivity contribution in [3.8, 4) is 43.8 Å². The lowest BCUT2D eigenvalue weighted by molar-refractivity contribution is 1.66. The molecule has 0 saturated carbocycles. The lowest BCUT2D eigenvalue weighted by atomic mass is 9.84. The minimum Gasteiger partial charge on any atom is -0.134 e. The van der Waals surface area contributed by atoms with Crippen LogP contribution in [0.3, 0.4) is 0 Å². The van der Waals surface area contributed by atoms with E-state index in [4.69, 9.17) is 0 Å². The molecule has 0 nitrogen and oxygen atoms in total. The second-order valence-corrected chi connectivity index (χ2v) is 15.6. The van der Waals surface area contributed by atoms with E-state index in [0.717, 1.165) is 0 Å². The third-order valence-electron chi connectivity index (χ3n) is 10.7. The first-order valence-corrected chi connectivity index (χ1v) is 19.4. The summed E-state index contributed by atoms with van der Waals surface area (Å²) in [4.78, 5) is 1.33. The molecule has 242 valence electrons. The zero-order valence-electron chi connectivity index (χ0n) is 28.1. The summed E-state index contributed by atoms with van der Waals surface area (Å²) in [7, 11) is 0. The van der Waals surface area contributed by atoms with Crippen molar-refractivity contribution in [3.05, 3.63) is 182 Å². The van der Waals surface area contributed by atoms with Crippen LogP contribution in [0.25, 0.3) is 106 Å². The van der Waals surface area contributed by atoms with Gasteiger partial charge >= 0.3 is 0 Å². The van der Waals surface area contributed by atoms with Crippen molar-refractivity contribution >= 4 is 85.2 Å². The van der Waals surface area contributed by atoms with E-state index in [1.54, 1.807) is 0 Å². The highest BCUT2D eigenvalue weighted by atomic mass is 32.1. The largest absolute Gasteiger partial charge is 0.134 e. The van der Waals surface area contributed by atoms with Crippen molar-refractivity contribution < 1.29 is 0 Å². The Morgan fingerprint density at radius 1 is 0.308 bits per heavy atom. The maximum Gasteiger partial charge on any atom is 0.0449 e. The highest BCUT2D eigenvalue weighted by Gasteiger charge is 2.23. The lowest BCUT2D eigenvalue weighted by Crippen LogP contribution is -1.91. The van der Waals surface area contributed by atoms with Crippen molar-refractivity contribution in [1.82, 2.24) is 0 Å². The Labute approximate surface area is 309 Å². The maximum absolute atomic E-state index is 2.38. The van der Waals surface area contributed by atoms with Crippen molar-refractivity contribution in [2.45, 2.75) is 0 Å². The van der Waals surface area contributed by atoms with E-state index in [1.165, 1.54) is 106 Å². The molecular weight excluding hydrogens is 665 g/mol. The molecule has 0 spiro atoms. The molecule has 0 N–H and O–H groups in total. The number of hydrogen-bond acceptors (Lipinski definition) is 2. The monoisotopic (exact) mass is 694 g/mol. The number of fused-ring (bicyclic) bond motifs is 8. The summed E-state index contributed by atoms with van der Waals surface area (Å²) >= 11 is 3.84. The smallest absolute Gasteiger partial charge is 0.0449 e. The zero-order chi connectivity index (χ0) is 34.2. The van der Waals surface area contributed by atoms with Gasteiger partial charge in [0.05, 0.1) is 0 Å². The molecule has 9 aromatic carbocycles. The maximum atomic E-state index is 2.38. The van der Waals surface area contributed by atoms with E-state index in [9.17, 15) is 0 Å². The third-order valence-corrected chi connectivity index (χ3v) is 13.0. The van der Waals surface area contributed by atoms with E-state index in [2.05, 4.69) is 182 Å². The van der Waals surface area contributed by atoms with Gasteiger partial charge in [-0.1, -0.05) is 164 Å². The van der Waals surface area contributed by atoms with Gasteiger partial charge in [0, 0.05) is 40.7 Å². The molecule has 0 fully saturated rings. The number of hydrogen-bond donors (Lipinski definition) is 0. The van der Waals surface area contributed by atoms with Crippen LogP contribution >= 0.6 is 22.7 Å². The Morgan fingerprint density at radius 3 is 1.62 bits per heavy atom. The van der Waals surface area contributed by atoms with Gasteiger partial charge in [-0.05, 0) is 83.9 Å². The Kier molecular flexibility index (Phi) is 6.70. The van der Waals surface area contributed by atoms with Crippen molar-refractivity contribution in [3.63, 3.8) is 0 Å². The molecule has 0 bridgehead atoms. The number of rotatable bonds is 4. The fourth-order valence-electron chi connectivity index (χ4n) is 8.42. The molecule has 2 aromatic heterocycles. The van der Waals surface area contributed by atoms with Gasteiger partial charge in [-0.15, -0.1) is 22.7 Å². The topological polar surface area (TPSA) is 0 Å². The van der Waals surface area contributed by atoms with Gasteiger partial charge in [0.25, 0.3) is 0 Å². The number of benzene rings is 9. The third kappa shape index (κ3) is 4.45. The van der Waals surface area contributed by atoms with Gasteiger partial charge in [-0.25, -0.2) is 0 Å². The molecule has 0 amide bonds. The predicted octanol–water partition coefficient (Wildman–Crippen LogP) is 15.4. The molecule has 0 atom stereocenters. The van der Waals surface area contributed by atoms with E-state index in [0.29, 0.717) is 0 Å². The molecule has 0 saturated heterocycles. The second-order valence-electron chi connectivity index (χ2n) is 13.5. The average Bonchev–Trinajstić information content (AvgIpc) is 3.80. The molecule has 0 aliphatic rings. The summed E-state index contributed by atoms with van der Waals surface area (Å²) in [6, 6.07) is 67.1. The normalized spacial score (nSPS) is 11.8. The lowest BCUT2D eigenvalue weighted by Gasteiger charge is -2.18. The molecule has 2 heteroatoms. The first-order chi connectivity index (χ1) is 25.8. The van der Waals surface area contributed by atoms with Gasteiger partial charge in [0.2, 0.25) is 0 Å². The SMILES string of the molecule is c1ccc(-c2sc3ccc4c(sc5cccc(-c6c7ccccc7c(-c7ccc8ccccc8c7)c7ccccc67)c54)c3c2-c2ccccc2)cc1. The molecule has 0 aliphatic heterocycles. The summed E-state index contributed by atoms with van der Waals surface area (Å²) < 4.78 is 4.01. The summed E-state index contributed by atoms with van der Waals surface area (Å²) in [5.41, 5.74) is 9.01. The Bertz CT molecular complexity index is 3110. The molecule has 0 aliphatic carbocycles. The highest BCUT2D eigenvalue weighted by molar-refractivity contribution is 7.28. The molecule has 2 heterocycles. The molecular formula is C50H30S2. The van der Waals surface area contributed by atoms with E-state index in [-0.39, 0.29) is 0 Å². The van der Waals surface area contributed by atoms with Crippen molar-refractivity contribution in [2.75, 3.05) is 0 Å². The summed E-state index contributed by atoms with van der Waals surface area (Å²) in [5.74, 6) is 0. The standard InChI is InChI=1S/C50H30S2/c1-3-15-32(16-4-1)45-48-43(51-49(45)33-17-5-2-6-18-33)29-28-41-47-40(24-13-25-42(47)52-50(41)48)46-38-22-11-9-20-36(38)44(37-21-10-12-23-39(37)46)35-27-26-31-14-7-8-19-34(31)30-35/h1-30H. The Morgan fingerprint density at radius 2 is 0.904 bits per heavy atom. The fourth-order valence-corrected chi connectivity index (χ4v) is 11.0. The molecule has 52 heavy (non-hydrogen) atoms. The van der Waals surface area contributed by atoms with E-state index < -0.39 is 0 Å². The summed E-state index contributed by atoms with van der Waals surface area (Å²) in [6.45, 7) is 0. The Balaban J connectivity index is 1.24. The van der Waals surface area contributed by atoms with Crippen LogP contribution in [0.5, 0.6) is 0 Å². The van der Waals surface area contributed by atoms with Crippen LogP contribution in [0.1, 0.15) is 0 Å². The van der Waals surface area contributed by atoms with Crippen LogP contribution in [-0.2, 0) is 0 Å². The molecule has 0 radical (unpaired) electrons. The van der Waals surface area contributed by atoms with Crippen LogP contribution in [0, 0.1) is 0 Å². The van der Waals surface area contributed by atoms with Gasteiger partial charge < -0.3 is 0 Å². The minimum absolute atomic E-state index is 1.25. The second kappa shape index (κ2) is 11.7. The van der Waals surface area contributed by atoms with Gasteiger partial charge in [-0.3, -0.25) is 0 Å². The predicted molar refractivity (Wildman–Crippen MR) is 229 cm³/mol. The van der Waals surface area contributed by atoms with Crippen molar-refractivity contribution in [2.24, 2.45) is 0 Å². The molecule has 11 aromatic rings. The van der Waals surface area contributed by atoms with Gasteiger partial charge in [-0.2, -0.15) is 0 Å². The summed E-state index contributed by atoms with van der Waals surface area (Å²) in [5, 5.41) is 11.7. The first kappa shape index (κ1) is 29.6. The molecule has 11 rings (SSSR count). The quantitative estimate of drug-likeness (QED) is 0.161.